The van der Waals surface area contributed by atoms with Crippen molar-refractivity contribution in [1.82, 2.24) is 20.4 Å². The monoisotopic (exact) mass is 472 g/mol. The van der Waals surface area contributed by atoms with Gasteiger partial charge in [-0.2, -0.15) is 4.98 Å². The van der Waals surface area contributed by atoms with E-state index in [1.54, 1.807) is 30.2 Å². The van der Waals surface area contributed by atoms with E-state index in [4.69, 9.17) is 32.5 Å². The van der Waals surface area contributed by atoms with Gasteiger partial charge in [0.2, 0.25) is 5.82 Å². The number of hydrogen-bond acceptors (Lipinski definition) is 5. The fraction of sp³-hybridized carbons (Fsp3) is 0.261. The van der Waals surface area contributed by atoms with E-state index in [1.165, 1.54) is 0 Å². The molecule has 0 radical (unpaired) electrons. The molecule has 4 rings (SSSR count). The molecule has 1 aliphatic rings. The smallest absolute Gasteiger partial charge is 0.322 e. The lowest BCUT2D eigenvalue weighted by molar-refractivity contribution is 0.174. The number of aromatic nitrogens is 2. The fourth-order valence-electron chi connectivity index (χ4n) is 3.71. The highest BCUT2D eigenvalue weighted by Gasteiger charge is 2.35. The first-order chi connectivity index (χ1) is 15.5. The van der Waals surface area contributed by atoms with Crippen LogP contribution >= 0.6 is 23.2 Å². The molecule has 0 saturated carbocycles. The van der Waals surface area contributed by atoms with E-state index in [0.717, 1.165) is 16.8 Å². The number of methoxy groups -OCH3 is 1. The zero-order valence-electron chi connectivity index (χ0n) is 17.6. The minimum Gasteiger partial charge on any atom is -0.385 e. The Morgan fingerprint density at radius 1 is 1.16 bits per heavy atom. The molecule has 2 aromatic carbocycles. The third-order valence-corrected chi connectivity index (χ3v) is 5.72. The van der Waals surface area contributed by atoms with Crippen LogP contribution in [0.2, 0.25) is 10.0 Å². The Labute approximate surface area is 196 Å². The Hall–Kier alpha value is -2.87. The van der Waals surface area contributed by atoms with Gasteiger partial charge in [0.25, 0.3) is 5.89 Å². The largest absolute Gasteiger partial charge is 0.385 e. The van der Waals surface area contributed by atoms with Gasteiger partial charge in [0, 0.05) is 41.6 Å². The number of carbonyl (C=O) groups excluding carboxylic acids is 1. The van der Waals surface area contributed by atoms with Gasteiger partial charge in [-0.25, -0.2) is 4.79 Å². The van der Waals surface area contributed by atoms with Crippen LogP contribution in [0.1, 0.15) is 30.8 Å². The number of nitrogens with zero attached hydrogens (tertiary/aromatic N) is 3. The normalized spacial score (nSPS) is 16.4. The van der Waals surface area contributed by atoms with E-state index < -0.39 is 6.04 Å². The molecule has 0 spiro atoms. The summed E-state index contributed by atoms with van der Waals surface area (Å²) in [6, 6.07) is 13.9. The zero-order valence-corrected chi connectivity index (χ0v) is 19.2. The molecule has 7 nitrogen and oxygen atoms in total. The van der Waals surface area contributed by atoms with Crippen LogP contribution in [0, 0.1) is 0 Å². The summed E-state index contributed by atoms with van der Waals surface area (Å²) >= 11 is 12.3. The third-order valence-electron chi connectivity index (χ3n) is 5.25. The standard InChI is InChI=1S/C23H22Cl2N4O3/c1-14-19(22-27-21(28-32-22)16-7-4-9-18(25)13-16)20(15-6-3-8-17(24)12-15)26-23(30)29(14)10-5-11-31-2/h3-4,6-9,12-13,20H,5,10-11H2,1-2H3,(H,26,30). The Balaban J connectivity index is 1.78. The van der Waals surface area contributed by atoms with E-state index in [-0.39, 0.29) is 6.03 Å². The second-order valence-corrected chi connectivity index (χ2v) is 8.24. The Morgan fingerprint density at radius 3 is 2.62 bits per heavy atom. The molecule has 1 aromatic heterocycles. The molecule has 166 valence electrons. The first-order valence-corrected chi connectivity index (χ1v) is 10.9. The van der Waals surface area contributed by atoms with E-state index in [2.05, 4.69) is 15.5 Å². The summed E-state index contributed by atoms with van der Waals surface area (Å²) in [6.45, 7) is 2.91. The van der Waals surface area contributed by atoms with Gasteiger partial charge >= 0.3 is 6.03 Å². The van der Waals surface area contributed by atoms with Gasteiger partial charge in [-0.1, -0.05) is 52.6 Å². The molecular weight excluding hydrogens is 451 g/mol. The van der Waals surface area contributed by atoms with Crippen LogP contribution in [0.3, 0.4) is 0 Å². The fourth-order valence-corrected chi connectivity index (χ4v) is 4.10. The molecule has 0 saturated heterocycles. The molecule has 2 amide bonds. The van der Waals surface area contributed by atoms with E-state index in [1.807, 2.05) is 37.3 Å². The highest BCUT2D eigenvalue weighted by atomic mass is 35.5. The lowest BCUT2D eigenvalue weighted by Gasteiger charge is -2.35. The van der Waals surface area contributed by atoms with Crippen LogP contribution in [-0.2, 0) is 4.74 Å². The van der Waals surface area contributed by atoms with E-state index in [0.29, 0.717) is 46.9 Å². The predicted molar refractivity (Wildman–Crippen MR) is 123 cm³/mol. The molecular formula is C23H22Cl2N4O3. The lowest BCUT2D eigenvalue weighted by atomic mass is 9.94. The van der Waals surface area contributed by atoms with Gasteiger partial charge in [0.1, 0.15) is 0 Å². The molecule has 0 aliphatic carbocycles. The lowest BCUT2D eigenvalue weighted by Crippen LogP contribution is -2.46. The SMILES string of the molecule is COCCCN1C(=O)NC(c2cccc(Cl)c2)C(c2nc(-c3cccc(Cl)c3)no2)=C1C. The van der Waals surface area contributed by atoms with Gasteiger partial charge in [-0.3, -0.25) is 4.90 Å². The van der Waals surface area contributed by atoms with Crippen LogP contribution in [-0.4, -0.2) is 41.3 Å². The van der Waals surface area contributed by atoms with E-state index >= 15 is 0 Å². The average molecular weight is 473 g/mol. The van der Waals surface area contributed by atoms with Crippen molar-refractivity contribution in [3.05, 3.63) is 75.7 Å². The van der Waals surface area contributed by atoms with Crippen molar-refractivity contribution in [3.63, 3.8) is 0 Å². The van der Waals surface area contributed by atoms with Crippen LogP contribution in [0.25, 0.3) is 17.0 Å². The Bertz CT molecular complexity index is 1160. The number of rotatable bonds is 7. The van der Waals surface area contributed by atoms with E-state index in [9.17, 15) is 4.79 Å². The van der Waals surface area contributed by atoms with Crippen molar-refractivity contribution in [3.8, 4) is 11.4 Å². The molecule has 1 N–H and O–H groups in total. The zero-order chi connectivity index (χ0) is 22.7. The minimum absolute atomic E-state index is 0.207. The molecule has 1 atom stereocenters. The highest BCUT2D eigenvalue weighted by Crippen LogP contribution is 2.38. The number of halogens is 2. The molecule has 0 bridgehead atoms. The number of urea groups is 1. The number of nitrogens with one attached hydrogen (secondary N) is 1. The number of allylic oxidation sites excluding steroid dienone is 1. The maximum Gasteiger partial charge on any atom is 0.322 e. The summed E-state index contributed by atoms with van der Waals surface area (Å²) in [7, 11) is 1.63. The minimum atomic E-state index is -0.493. The molecule has 0 fully saturated rings. The quantitative estimate of drug-likeness (QED) is 0.454. The van der Waals surface area contributed by atoms with Crippen LogP contribution in [0.4, 0.5) is 4.79 Å². The van der Waals surface area contributed by atoms with Crippen molar-refractivity contribution < 1.29 is 14.1 Å². The number of amides is 2. The molecule has 32 heavy (non-hydrogen) atoms. The summed E-state index contributed by atoms with van der Waals surface area (Å²) in [5, 5.41) is 8.35. The first-order valence-electron chi connectivity index (χ1n) is 10.1. The molecule has 9 heteroatoms. The van der Waals surface area contributed by atoms with Gasteiger partial charge < -0.3 is 14.6 Å². The number of benzene rings is 2. The average Bonchev–Trinajstić information content (AvgIpc) is 3.25. The molecule has 2 heterocycles. The van der Waals surface area contributed by atoms with Crippen LogP contribution in [0.15, 0.2) is 58.8 Å². The predicted octanol–water partition coefficient (Wildman–Crippen LogP) is 5.58. The summed E-state index contributed by atoms with van der Waals surface area (Å²) in [5.74, 6) is 0.731. The summed E-state index contributed by atoms with van der Waals surface area (Å²) in [5.41, 5.74) is 3.00. The van der Waals surface area contributed by atoms with Crippen molar-refractivity contribution in [1.29, 1.82) is 0 Å². The van der Waals surface area contributed by atoms with Gasteiger partial charge in [-0.15, -0.1) is 0 Å². The Kier molecular flexibility index (Phi) is 6.79. The van der Waals surface area contributed by atoms with Gasteiger partial charge in [0.15, 0.2) is 0 Å². The van der Waals surface area contributed by atoms with Crippen molar-refractivity contribution in [2.45, 2.75) is 19.4 Å². The molecule has 3 aromatic rings. The molecule has 1 unspecified atom stereocenters. The number of ether oxygens (including phenoxy) is 1. The topological polar surface area (TPSA) is 80.5 Å². The summed E-state index contributed by atoms with van der Waals surface area (Å²) < 4.78 is 10.8. The number of carbonyl (C=O) groups is 1. The Morgan fingerprint density at radius 2 is 1.91 bits per heavy atom. The van der Waals surface area contributed by atoms with Crippen LogP contribution < -0.4 is 5.32 Å². The summed E-state index contributed by atoms with van der Waals surface area (Å²) in [4.78, 5) is 19.2. The molecule has 1 aliphatic heterocycles. The second kappa shape index (κ2) is 9.73. The van der Waals surface area contributed by atoms with Crippen molar-refractivity contribution in [2.75, 3.05) is 20.3 Å². The second-order valence-electron chi connectivity index (χ2n) is 7.37. The van der Waals surface area contributed by atoms with Crippen LogP contribution in [0.5, 0.6) is 0 Å². The maximum absolute atomic E-state index is 12.9. The first kappa shape index (κ1) is 22.3. The maximum atomic E-state index is 12.9. The summed E-state index contributed by atoms with van der Waals surface area (Å²) in [6.07, 6.45) is 0.688. The van der Waals surface area contributed by atoms with Gasteiger partial charge in [-0.05, 0) is 43.2 Å². The number of hydrogen-bond donors (Lipinski definition) is 1. The van der Waals surface area contributed by atoms with Crippen molar-refractivity contribution in [2.24, 2.45) is 0 Å². The van der Waals surface area contributed by atoms with Gasteiger partial charge in [0.05, 0.1) is 11.6 Å². The highest BCUT2D eigenvalue weighted by molar-refractivity contribution is 6.31. The van der Waals surface area contributed by atoms with Crippen molar-refractivity contribution >= 4 is 34.8 Å². The third kappa shape index (κ3) is 4.65.